The average Bonchev–Trinajstić information content (AvgIpc) is 2.58. The maximum absolute atomic E-state index is 12.4. The van der Waals surface area contributed by atoms with Crippen LogP contribution >= 0.6 is 0 Å². The standard InChI is InChI=1S/C17H23N3O4/c1-11(2)15-17(23)18-8-9-20(15)14(21)10-19-16(22)12-4-6-13(24-3)7-5-12/h4-7,11,15H,8-10H2,1-3H3,(H,18,23)(H,19,22)/t15-/m0/s1. The second-order valence-electron chi connectivity index (χ2n) is 5.98. The number of hydrogen-bond donors (Lipinski definition) is 2. The van der Waals surface area contributed by atoms with Crippen LogP contribution < -0.4 is 15.4 Å². The smallest absolute Gasteiger partial charge is 0.251 e. The van der Waals surface area contributed by atoms with Crippen molar-refractivity contribution >= 4 is 17.7 Å². The largest absolute Gasteiger partial charge is 0.497 e. The fraction of sp³-hybridized carbons (Fsp3) is 0.471. The van der Waals surface area contributed by atoms with Gasteiger partial charge >= 0.3 is 0 Å². The summed E-state index contributed by atoms with van der Waals surface area (Å²) in [7, 11) is 1.55. The molecule has 7 heteroatoms. The number of amides is 3. The molecule has 7 nitrogen and oxygen atoms in total. The Kier molecular flexibility index (Phi) is 5.78. The van der Waals surface area contributed by atoms with Crippen molar-refractivity contribution < 1.29 is 19.1 Å². The molecule has 0 saturated carbocycles. The normalized spacial score (nSPS) is 17.4. The average molecular weight is 333 g/mol. The summed E-state index contributed by atoms with van der Waals surface area (Å²) in [5.74, 6) is -0.0849. The van der Waals surface area contributed by atoms with Gasteiger partial charge in [0.15, 0.2) is 0 Å². The number of carbonyl (C=O) groups excluding carboxylic acids is 3. The third-order valence-corrected chi connectivity index (χ3v) is 3.96. The maximum atomic E-state index is 12.4. The van der Waals surface area contributed by atoms with Gasteiger partial charge < -0.3 is 20.3 Å². The summed E-state index contributed by atoms with van der Waals surface area (Å²) in [5, 5.41) is 5.37. The van der Waals surface area contributed by atoms with Gasteiger partial charge in [-0.1, -0.05) is 13.8 Å². The Labute approximate surface area is 141 Å². The Hall–Kier alpha value is -2.57. The third-order valence-electron chi connectivity index (χ3n) is 3.96. The molecule has 0 spiro atoms. The lowest BCUT2D eigenvalue weighted by Gasteiger charge is -2.37. The molecule has 1 aromatic carbocycles. The Morgan fingerprint density at radius 1 is 1.33 bits per heavy atom. The maximum Gasteiger partial charge on any atom is 0.251 e. The fourth-order valence-corrected chi connectivity index (χ4v) is 2.73. The fourth-order valence-electron chi connectivity index (χ4n) is 2.73. The molecule has 1 saturated heterocycles. The van der Waals surface area contributed by atoms with Crippen molar-refractivity contribution in [3.8, 4) is 5.75 Å². The van der Waals surface area contributed by atoms with E-state index in [1.807, 2.05) is 13.8 Å². The first-order valence-corrected chi connectivity index (χ1v) is 7.93. The summed E-state index contributed by atoms with van der Waals surface area (Å²) in [6.07, 6.45) is 0. The molecule has 2 N–H and O–H groups in total. The van der Waals surface area contributed by atoms with E-state index in [-0.39, 0.29) is 30.2 Å². The van der Waals surface area contributed by atoms with Crippen molar-refractivity contribution in [2.45, 2.75) is 19.9 Å². The van der Waals surface area contributed by atoms with Crippen LogP contribution in [0.3, 0.4) is 0 Å². The SMILES string of the molecule is COc1ccc(C(=O)NCC(=O)N2CCNC(=O)[C@@H]2C(C)C)cc1. The van der Waals surface area contributed by atoms with Crippen LogP contribution in [0.1, 0.15) is 24.2 Å². The minimum absolute atomic E-state index is 0.00606. The number of nitrogens with one attached hydrogen (secondary N) is 2. The van der Waals surface area contributed by atoms with Gasteiger partial charge in [-0.15, -0.1) is 0 Å². The molecule has 0 aliphatic carbocycles. The van der Waals surface area contributed by atoms with Crippen molar-refractivity contribution in [1.29, 1.82) is 0 Å². The summed E-state index contributed by atoms with van der Waals surface area (Å²) in [6, 6.07) is 6.12. The molecule has 1 heterocycles. The van der Waals surface area contributed by atoms with Crippen LogP contribution in [-0.4, -0.2) is 55.4 Å². The Balaban J connectivity index is 1.95. The zero-order chi connectivity index (χ0) is 17.7. The van der Waals surface area contributed by atoms with Crippen molar-refractivity contribution in [2.75, 3.05) is 26.7 Å². The van der Waals surface area contributed by atoms with Gasteiger partial charge in [0.05, 0.1) is 13.7 Å². The van der Waals surface area contributed by atoms with Gasteiger partial charge in [-0.25, -0.2) is 0 Å². The molecule has 24 heavy (non-hydrogen) atoms. The van der Waals surface area contributed by atoms with Crippen LogP contribution in [0.15, 0.2) is 24.3 Å². The molecule has 3 amide bonds. The predicted molar refractivity (Wildman–Crippen MR) is 88.7 cm³/mol. The van der Waals surface area contributed by atoms with E-state index in [0.29, 0.717) is 24.4 Å². The molecule has 130 valence electrons. The summed E-state index contributed by atoms with van der Waals surface area (Å²) in [4.78, 5) is 38.0. The van der Waals surface area contributed by atoms with Crippen LogP contribution in [-0.2, 0) is 9.59 Å². The molecule has 1 atom stereocenters. The van der Waals surface area contributed by atoms with Crippen molar-refractivity contribution in [1.82, 2.24) is 15.5 Å². The van der Waals surface area contributed by atoms with Crippen LogP contribution in [0.4, 0.5) is 0 Å². The van der Waals surface area contributed by atoms with Crippen molar-refractivity contribution in [3.63, 3.8) is 0 Å². The zero-order valence-electron chi connectivity index (χ0n) is 14.2. The first kappa shape index (κ1) is 17.8. The number of rotatable bonds is 5. The van der Waals surface area contributed by atoms with Gasteiger partial charge in [0.1, 0.15) is 11.8 Å². The molecular formula is C17H23N3O4. The number of hydrogen-bond acceptors (Lipinski definition) is 4. The molecule has 1 aliphatic rings. The van der Waals surface area contributed by atoms with Crippen LogP contribution in [0.2, 0.25) is 0 Å². The van der Waals surface area contributed by atoms with Gasteiger partial charge in [-0.2, -0.15) is 0 Å². The van der Waals surface area contributed by atoms with Gasteiger partial charge in [-0.3, -0.25) is 14.4 Å². The molecule has 0 unspecified atom stereocenters. The van der Waals surface area contributed by atoms with E-state index < -0.39 is 6.04 Å². The van der Waals surface area contributed by atoms with Crippen LogP contribution in [0, 0.1) is 5.92 Å². The monoisotopic (exact) mass is 333 g/mol. The lowest BCUT2D eigenvalue weighted by atomic mass is 9.99. The summed E-state index contributed by atoms with van der Waals surface area (Å²) in [5.41, 5.74) is 0.445. The van der Waals surface area contributed by atoms with Crippen molar-refractivity contribution in [3.05, 3.63) is 29.8 Å². The van der Waals surface area contributed by atoms with E-state index in [0.717, 1.165) is 0 Å². The number of benzene rings is 1. The number of piperazine rings is 1. The quantitative estimate of drug-likeness (QED) is 0.817. The van der Waals surface area contributed by atoms with E-state index >= 15 is 0 Å². The van der Waals surface area contributed by atoms with E-state index in [9.17, 15) is 14.4 Å². The molecule has 0 bridgehead atoms. The minimum Gasteiger partial charge on any atom is -0.497 e. The highest BCUT2D eigenvalue weighted by Gasteiger charge is 2.34. The molecule has 1 aliphatic heterocycles. The Bertz CT molecular complexity index is 613. The van der Waals surface area contributed by atoms with Gasteiger partial charge in [-0.05, 0) is 30.2 Å². The predicted octanol–water partition coefficient (Wildman–Crippen LogP) is 0.408. The van der Waals surface area contributed by atoms with E-state index in [1.165, 1.54) is 4.90 Å². The molecule has 0 aromatic heterocycles. The van der Waals surface area contributed by atoms with Crippen molar-refractivity contribution in [2.24, 2.45) is 5.92 Å². The first-order valence-electron chi connectivity index (χ1n) is 7.93. The molecular weight excluding hydrogens is 310 g/mol. The van der Waals surface area contributed by atoms with Gasteiger partial charge in [0.25, 0.3) is 5.91 Å². The van der Waals surface area contributed by atoms with Crippen LogP contribution in [0.5, 0.6) is 5.75 Å². The third kappa shape index (κ3) is 4.04. The number of nitrogens with zero attached hydrogens (tertiary/aromatic N) is 1. The molecule has 2 rings (SSSR count). The van der Waals surface area contributed by atoms with E-state index in [4.69, 9.17) is 4.74 Å². The molecule has 1 aromatic rings. The summed E-state index contributed by atoms with van der Waals surface area (Å²) >= 11 is 0. The van der Waals surface area contributed by atoms with E-state index in [2.05, 4.69) is 10.6 Å². The topological polar surface area (TPSA) is 87.7 Å². The van der Waals surface area contributed by atoms with Gasteiger partial charge in [0, 0.05) is 18.7 Å². The zero-order valence-corrected chi connectivity index (χ0v) is 14.2. The second-order valence-corrected chi connectivity index (χ2v) is 5.98. The molecule has 1 fully saturated rings. The number of ether oxygens (including phenoxy) is 1. The highest BCUT2D eigenvalue weighted by molar-refractivity contribution is 5.97. The number of methoxy groups -OCH3 is 1. The van der Waals surface area contributed by atoms with Gasteiger partial charge in [0.2, 0.25) is 11.8 Å². The van der Waals surface area contributed by atoms with Crippen LogP contribution in [0.25, 0.3) is 0 Å². The summed E-state index contributed by atoms with van der Waals surface area (Å²) < 4.78 is 5.04. The van der Waals surface area contributed by atoms with E-state index in [1.54, 1.807) is 31.4 Å². The minimum atomic E-state index is -0.496. The highest BCUT2D eigenvalue weighted by Crippen LogP contribution is 2.14. The lowest BCUT2D eigenvalue weighted by Crippen LogP contribution is -2.60. The highest BCUT2D eigenvalue weighted by atomic mass is 16.5. The Morgan fingerprint density at radius 3 is 2.58 bits per heavy atom. The number of carbonyl (C=O) groups is 3. The first-order chi connectivity index (χ1) is 11.4. The second kappa shape index (κ2) is 7.81. The molecule has 0 radical (unpaired) electrons. The lowest BCUT2D eigenvalue weighted by molar-refractivity contribution is -0.144. The Morgan fingerprint density at radius 2 is 2.00 bits per heavy atom. The summed E-state index contributed by atoms with van der Waals surface area (Å²) in [6.45, 7) is 4.53.